The van der Waals surface area contributed by atoms with Crippen molar-refractivity contribution in [2.24, 2.45) is 0 Å². The minimum atomic E-state index is -0.949. The summed E-state index contributed by atoms with van der Waals surface area (Å²) in [7, 11) is 0. The molecular weight excluding hydrogens is 236 g/mol. The van der Waals surface area contributed by atoms with Gasteiger partial charge in [0.2, 0.25) is 0 Å². The molecule has 0 aliphatic rings. The van der Waals surface area contributed by atoms with E-state index in [4.69, 9.17) is 14.6 Å². The Balaban J connectivity index is 2.77. The Morgan fingerprint density at radius 1 is 1.33 bits per heavy atom. The third kappa shape index (κ3) is 4.08. The summed E-state index contributed by atoms with van der Waals surface area (Å²) in [6.07, 6.45) is -0.911. The summed E-state index contributed by atoms with van der Waals surface area (Å²) in [6, 6.07) is 6.73. The lowest BCUT2D eigenvalue weighted by molar-refractivity contribution is -0.150. The molecule has 0 bridgehead atoms. The van der Waals surface area contributed by atoms with Crippen molar-refractivity contribution < 1.29 is 24.2 Å². The Labute approximate surface area is 105 Å². The highest BCUT2D eigenvalue weighted by molar-refractivity contribution is 5.75. The molecule has 0 amide bonds. The fourth-order valence-electron chi connectivity index (χ4n) is 1.43. The number of carbonyl (C=O) groups is 2. The first-order valence-electron chi connectivity index (χ1n) is 5.67. The highest BCUT2D eigenvalue weighted by atomic mass is 16.6. The third-order valence-corrected chi connectivity index (χ3v) is 2.24. The molecule has 0 fully saturated rings. The van der Waals surface area contributed by atoms with E-state index in [1.807, 2.05) is 0 Å². The van der Waals surface area contributed by atoms with Crippen molar-refractivity contribution in [2.45, 2.75) is 26.4 Å². The van der Waals surface area contributed by atoms with Crippen LogP contribution in [0.25, 0.3) is 0 Å². The first-order valence-corrected chi connectivity index (χ1v) is 5.67. The first kappa shape index (κ1) is 14.0. The smallest absolute Gasteiger partial charge is 0.347 e. The van der Waals surface area contributed by atoms with Gasteiger partial charge < -0.3 is 14.6 Å². The van der Waals surface area contributed by atoms with E-state index in [-0.39, 0.29) is 13.0 Å². The molecule has 0 spiro atoms. The Morgan fingerprint density at radius 2 is 2.00 bits per heavy atom. The molecule has 5 heteroatoms. The number of carboxylic acids is 1. The number of esters is 1. The zero-order valence-electron chi connectivity index (χ0n) is 10.4. The van der Waals surface area contributed by atoms with E-state index in [1.54, 1.807) is 38.1 Å². The van der Waals surface area contributed by atoms with Gasteiger partial charge in [-0.1, -0.05) is 18.2 Å². The third-order valence-electron chi connectivity index (χ3n) is 2.24. The number of hydrogen-bond donors (Lipinski definition) is 1. The van der Waals surface area contributed by atoms with Gasteiger partial charge in [0.1, 0.15) is 5.75 Å². The van der Waals surface area contributed by atoms with E-state index in [9.17, 15) is 9.59 Å². The molecule has 0 saturated carbocycles. The largest absolute Gasteiger partial charge is 0.481 e. The van der Waals surface area contributed by atoms with Crippen molar-refractivity contribution in [3.63, 3.8) is 0 Å². The van der Waals surface area contributed by atoms with E-state index in [0.29, 0.717) is 11.3 Å². The molecule has 0 heterocycles. The molecule has 0 aromatic heterocycles. The number of carboxylic acid groups (broad SMARTS) is 1. The summed E-state index contributed by atoms with van der Waals surface area (Å²) in [5.74, 6) is -1.03. The van der Waals surface area contributed by atoms with Crippen LogP contribution >= 0.6 is 0 Å². The quantitative estimate of drug-likeness (QED) is 0.779. The van der Waals surface area contributed by atoms with E-state index in [0.717, 1.165) is 0 Å². The fourth-order valence-corrected chi connectivity index (χ4v) is 1.43. The molecule has 18 heavy (non-hydrogen) atoms. The average molecular weight is 252 g/mol. The van der Waals surface area contributed by atoms with Crippen molar-refractivity contribution in [1.82, 2.24) is 0 Å². The van der Waals surface area contributed by atoms with Crippen molar-refractivity contribution in [3.8, 4) is 5.75 Å². The monoisotopic (exact) mass is 252 g/mol. The number of carbonyl (C=O) groups excluding carboxylic acids is 1. The summed E-state index contributed by atoms with van der Waals surface area (Å²) in [5.41, 5.74) is 0.529. The number of ether oxygens (including phenoxy) is 2. The Kier molecular flexibility index (Phi) is 5.17. The van der Waals surface area contributed by atoms with E-state index >= 15 is 0 Å². The topological polar surface area (TPSA) is 72.8 Å². The van der Waals surface area contributed by atoms with Gasteiger partial charge in [0.15, 0.2) is 6.10 Å². The molecule has 1 atom stereocenters. The van der Waals surface area contributed by atoms with Crippen molar-refractivity contribution >= 4 is 11.9 Å². The van der Waals surface area contributed by atoms with Crippen molar-refractivity contribution in [3.05, 3.63) is 29.8 Å². The van der Waals surface area contributed by atoms with Gasteiger partial charge in [0.25, 0.3) is 0 Å². The first-order chi connectivity index (χ1) is 8.54. The van der Waals surface area contributed by atoms with Gasteiger partial charge >= 0.3 is 11.9 Å². The minimum absolute atomic E-state index is 0.147. The second-order valence-electron chi connectivity index (χ2n) is 3.69. The summed E-state index contributed by atoms with van der Waals surface area (Å²) in [6.45, 7) is 3.56. The number of benzene rings is 1. The highest BCUT2D eigenvalue weighted by Crippen LogP contribution is 2.20. The summed E-state index contributed by atoms with van der Waals surface area (Å²) < 4.78 is 10.2. The molecule has 0 radical (unpaired) electrons. The van der Waals surface area contributed by atoms with Gasteiger partial charge in [-0.3, -0.25) is 4.79 Å². The van der Waals surface area contributed by atoms with Crippen LogP contribution in [0.5, 0.6) is 5.75 Å². The van der Waals surface area contributed by atoms with E-state index in [2.05, 4.69) is 0 Å². The molecule has 1 unspecified atom stereocenters. The highest BCUT2D eigenvalue weighted by Gasteiger charge is 2.17. The minimum Gasteiger partial charge on any atom is -0.481 e. The van der Waals surface area contributed by atoms with E-state index < -0.39 is 18.0 Å². The molecule has 0 saturated heterocycles. The molecule has 1 rings (SSSR count). The second-order valence-corrected chi connectivity index (χ2v) is 3.69. The van der Waals surface area contributed by atoms with Crippen LogP contribution in [0.15, 0.2) is 24.3 Å². The Hall–Kier alpha value is -2.04. The van der Waals surface area contributed by atoms with Crippen molar-refractivity contribution in [2.75, 3.05) is 6.61 Å². The maximum Gasteiger partial charge on any atom is 0.347 e. The summed E-state index contributed by atoms with van der Waals surface area (Å²) >= 11 is 0. The maximum absolute atomic E-state index is 11.4. The zero-order chi connectivity index (χ0) is 13.5. The molecule has 5 nitrogen and oxygen atoms in total. The summed E-state index contributed by atoms with van der Waals surface area (Å²) in [5, 5.41) is 8.77. The number of hydrogen-bond acceptors (Lipinski definition) is 4. The van der Waals surface area contributed by atoms with Crippen LogP contribution in [-0.4, -0.2) is 29.8 Å². The van der Waals surface area contributed by atoms with Crippen LogP contribution in [0.1, 0.15) is 19.4 Å². The van der Waals surface area contributed by atoms with Crippen LogP contribution in [0.3, 0.4) is 0 Å². The fraction of sp³-hybridized carbons (Fsp3) is 0.385. The van der Waals surface area contributed by atoms with Gasteiger partial charge in [-0.2, -0.15) is 0 Å². The number of aliphatic carboxylic acids is 1. The lowest BCUT2D eigenvalue weighted by Crippen LogP contribution is -2.26. The predicted octanol–water partition coefficient (Wildman–Crippen LogP) is 1.64. The molecule has 0 aliphatic heterocycles. The lowest BCUT2D eigenvalue weighted by Gasteiger charge is -2.15. The normalized spacial score (nSPS) is 11.7. The van der Waals surface area contributed by atoms with Gasteiger partial charge in [0, 0.05) is 5.56 Å². The Bertz CT molecular complexity index is 427. The van der Waals surface area contributed by atoms with Crippen LogP contribution < -0.4 is 4.74 Å². The SMILES string of the molecule is CCOC(=O)C(C)Oc1ccccc1CC(=O)O. The predicted molar refractivity (Wildman–Crippen MR) is 64.5 cm³/mol. The molecule has 0 aliphatic carbocycles. The molecule has 1 aromatic carbocycles. The van der Waals surface area contributed by atoms with Gasteiger partial charge in [-0.25, -0.2) is 4.79 Å². The van der Waals surface area contributed by atoms with E-state index in [1.165, 1.54) is 0 Å². The van der Waals surface area contributed by atoms with Crippen LogP contribution in [0.4, 0.5) is 0 Å². The standard InChI is InChI=1S/C13H16O5/c1-3-17-13(16)9(2)18-11-7-5-4-6-10(11)8-12(14)15/h4-7,9H,3,8H2,1-2H3,(H,14,15). The van der Waals surface area contributed by atoms with Crippen LogP contribution in [-0.2, 0) is 20.7 Å². The maximum atomic E-state index is 11.4. The average Bonchev–Trinajstić information content (AvgIpc) is 2.31. The zero-order valence-corrected chi connectivity index (χ0v) is 10.4. The summed E-state index contributed by atoms with van der Waals surface area (Å²) in [4.78, 5) is 22.1. The van der Waals surface area contributed by atoms with Gasteiger partial charge in [-0.05, 0) is 19.9 Å². The van der Waals surface area contributed by atoms with Gasteiger partial charge in [-0.15, -0.1) is 0 Å². The van der Waals surface area contributed by atoms with Gasteiger partial charge in [0.05, 0.1) is 13.0 Å². The van der Waals surface area contributed by atoms with Crippen molar-refractivity contribution in [1.29, 1.82) is 0 Å². The molecule has 1 aromatic rings. The molecule has 1 N–H and O–H groups in total. The second kappa shape index (κ2) is 6.64. The van der Waals surface area contributed by atoms with Crippen LogP contribution in [0.2, 0.25) is 0 Å². The number of para-hydroxylation sites is 1. The lowest BCUT2D eigenvalue weighted by atomic mass is 10.1. The number of rotatable bonds is 6. The molecular formula is C13H16O5. The Morgan fingerprint density at radius 3 is 2.61 bits per heavy atom. The van der Waals surface area contributed by atoms with Crippen LogP contribution in [0, 0.1) is 0 Å². The molecule has 98 valence electrons.